The first-order valence-corrected chi connectivity index (χ1v) is 5.71. The molecule has 1 aromatic carbocycles. The monoisotopic (exact) mass is 258 g/mol. The summed E-state index contributed by atoms with van der Waals surface area (Å²) < 4.78 is 4.96. The Morgan fingerprint density at radius 2 is 2.11 bits per heavy atom. The molecule has 0 fully saturated rings. The normalized spacial score (nSPS) is 10.0. The maximum absolute atomic E-state index is 12.0. The molecule has 2 aromatic rings. The van der Waals surface area contributed by atoms with Gasteiger partial charge >= 0.3 is 0 Å². The van der Waals surface area contributed by atoms with E-state index in [0.717, 1.165) is 5.69 Å². The molecule has 0 saturated carbocycles. The maximum Gasteiger partial charge on any atom is 0.259 e. The highest BCUT2D eigenvalue weighted by molar-refractivity contribution is 6.06. The lowest BCUT2D eigenvalue weighted by Gasteiger charge is -2.08. The van der Waals surface area contributed by atoms with Crippen LogP contribution in [0.2, 0.25) is 0 Å². The van der Waals surface area contributed by atoms with Crippen LogP contribution in [0.25, 0.3) is 0 Å². The van der Waals surface area contributed by atoms with Crippen molar-refractivity contribution >= 4 is 11.6 Å². The highest BCUT2D eigenvalue weighted by Crippen LogP contribution is 2.24. The van der Waals surface area contributed by atoms with Gasteiger partial charge in [0.15, 0.2) is 0 Å². The van der Waals surface area contributed by atoms with Crippen molar-refractivity contribution in [2.24, 2.45) is 0 Å². The second kappa shape index (κ2) is 5.39. The molecule has 0 unspecified atom stereocenters. The van der Waals surface area contributed by atoms with Crippen LogP contribution in [0.15, 0.2) is 36.5 Å². The van der Waals surface area contributed by atoms with Gasteiger partial charge in [0.25, 0.3) is 5.91 Å². The van der Waals surface area contributed by atoms with Crippen LogP contribution in [-0.4, -0.2) is 23.1 Å². The SMILES string of the molecule is COc1ccc(C(=O)Nc2ccnc(C)c2)c(O)c1. The first-order valence-electron chi connectivity index (χ1n) is 5.71. The summed E-state index contributed by atoms with van der Waals surface area (Å²) in [5.41, 5.74) is 1.62. The molecule has 98 valence electrons. The number of phenolic OH excluding ortho intramolecular Hbond substituents is 1. The number of hydrogen-bond donors (Lipinski definition) is 2. The topological polar surface area (TPSA) is 71.5 Å². The first kappa shape index (κ1) is 12.9. The van der Waals surface area contributed by atoms with E-state index in [4.69, 9.17) is 4.74 Å². The van der Waals surface area contributed by atoms with Gasteiger partial charge in [0.05, 0.1) is 12.7 Å². The van der Waals surface area contributed by atoms with Crippen LogP contribution >= 0.6 is 0 Å². The quantitative estimate of drug-likeness (QED) is 0.886. The molecule has 1 aromatic heterocycles. The Morgan fingerprint density at radius 3 is 2.74 bits per heavy atom. The van der Waals surface area contributed by atoms with E-state index < -0.39 is 0 Å². The smallest absolute Gasteiger partial charge is 0.259 e. The van der Waals surface area contributed by atoms with Gasteiger partial charge in [0, 0.05) is 23.6 Å². The number of nitrogens with zero attached hydrogens (tertiary/aromatic N) is 1. The molecule has 0 spiro atoms. The van der Waals surface area contributed by atoms with Crippen molar-refractivity contribution in [1.29, 1.82) is 0 Å². The van der Waals surface area contributed by atoms with Gasteiger partial charge < -0.3 is 15.2 Å². The van der Waals surface area contributed by atoms with Crippen LogP contribution in [0.4, 0.5) is 5.69 Å². The third-order valence-corrected chi connectivity index (χ3v) is 2.60. The Morgan fingerprint density at radius 1 is 1.32 bits per heavy atom. The van der Waals surface area contributed by atoms with Gasteiger partial charge in [-0.1, -0.05) is 0 Å². The van der Waals surface area contributed by atoms with Crippen molar-refractivity contribution in [1.82, 2.24) is 4.98 Å². The average Bonchev–Trinajstić information content (AvgIpc) is 2.38. The van der Waals surface area contributed by atoms with E-state index in [0.29, 0.717) is 11.4 Å². The van der Waals surface area contributed by atoms with Gasteiger partial charge in [-0.3, -0.25) is 9.78 Å². The van der Waals surface area contributed by atoms with Gasteiger partial charge in [0.1, 0.15) is 11.5 Å². The molecule has 0 bridgehead atoms. The molecule has 0 aliphatic rings. The molecule has 5 nitrogen and oxygen atoms in total. The summed E-state index contributed by atoms with van der Waals surface area (Å²) in [6, 6.07) is 7.96. The highest BCUT2D eigenvalue weighted by Gasteiger charge is 2.12. The Labute approximate surface area is 110 Å². The Balaban J connectivity index is 2.20. The molecule has 0 aliphatic carbocycles. The van der Waals surface area contributed by atoms with E-state index in [9.17, 15) is 9.90 Å². The summed E-state index contributed by atoms with van der Waals surface area (Å²) in [7, 11) is 1.49. The summed E-state index contributed by atoms with van der Waals surface area (Å²) >= 11 is 0. The molecule has 1 amide bonds. The summed E-state index contributed by atoms with van der Waals surface area (Å²) in [4.78, 5) is 16.1. The fraction of sp³-hybridized carbons (Fsp3) is 0.143. The van der Waals surface area contributed by atoms with Gasteiger partial charge in [-0.25, -0.2) is 0 Å². The van der Waals surface area contributed by atoms with Gasteiger partial charge in [-0.05, 0) is 31.2 Å². The second-order valence-electron chi connectivity index (χ2n) is 4.02. The predicted molar refractivity (Wildman–Crippen MR) is 71.6 cm³/mol. The molecular formula is C14H14N2O3. The number of carbonyl (C=O) groups is 1. The molecule has 2 N–H and O–H groups in total. The van der Waals surface area contributed by atoms with Crippen molar-refractivity contribution in [2.75, 3.05) is 12.4 Å². The average molecular weight is 258 g/mol. The van der Waals surface area contributed by atoms with Gasteiger partial charge in [-0.15, -0.1) is 0 Å². The number of anilines is 1. The lowest BCUT2D eigenvalue weighted by molar-refractivity contribution is 0.102. The molecule has 2 rings (SSSR count). The number of aromatic hydroxyl groups is 1. The predicted octanol–water partition coefficient (Wildman–Crippen LogP) is 2.36. The lowest BCUT2D eigenvalue weighted by atomic mass is 10.1. The minimum atomic E-state index is -0.384. The number of carbonyl (C=O) groups excluding carboxylic acids is 1. The first-order chi connectivity index (χ1) is 9.10. The summed E-state index contributed by atoms with van der Waals surface area (Å²) in [5, 5.41) is 12.5. The number of methoxy groups -OCH3 is 1. The number of amides is 1. The number of benzene rings is 1. The number of aromatic nitrogens is 1. The molecule has 19 heavy (non-hydrogen) atoms. The maximum atomic E-state index is 12.0. The minimum Gasteiger partial charge on any atom is -0.507 e. The Kier molecular flexibility index (Phi) is 3.66. The number of ether oxygens (including phenoxy) is 1. The molecule has 5 heteroatoms. The molecule has 1 heterocycles. The van der Waals surface area contributed by atoms with Crippen molar-refractivity contribution in [2.45, 2.75) is 6.92 Å². The fourth-order valence-electron chi connectivity index (χ4n) is 1.65. The molecule has 0 radical (unpaired) electrons. The fourth-order valence-corrected chi connectivity index (χ4v) is 1.65. The zero-order chi connectivity index (χ0) is 13.8. The van der Waals surface area contributed by atoms with Crippen LogP contribution in [0, 0.1) is 6.92 Å². The summed E-state index contributed by atoms with van der Waals surface area (Å²) in [6.45, 7) is 1.83. The third-order valence-electron chi connectivity index (χ3n) is 2.60. The lowest BCUT2D eigenvalue weighted by Crippen LogP contribution is -2.12. The van der Waals surface area contributed by atoms with Crippen LogP contribution in [0.5, 0.6) is 11.5 Å². The van der Waals surface area contributed by atoms with E-state index in [1.54, 1.807) is 24.4 Å². The van der Waals surface area contributed by atoms with E-state index >= 15 is 0 Å². The highest BCUT2D eigenvalue weighted by atomic mass is 16.5. The largest absolute Gasteiger partial charge is 0.507 e. The van der Waals surface area contributed by atoms with E-state index in [-0.39, 0.29) is 17.2 Å². The second-order valence-corrected chi connectivity index (χ2v) is 4.02. The van der Waals surface area contributed by atoms with Crippen LogP contribution in [-0.2, 0) is 0 Å². The molecule has 0 aliphatic heterocycles. The number of pyridine rings is 1. The standard InChI is InChI=1S/C14H14N2O3/c1-9-7-10(5-6-15-9)16-14(18)12-4-3-11(19-2)8-13(12)17/h3-8,17H,1-2H3,(H,15,16,18). The van der Waals surface area contributed by atoms with Gasteiger partial charge in [-0.2, -0.15) is 0 Å². The molecular weight excluding hydrogens is 244 g/mol. The Bertz CT molecular complexity index is 611. The van der Waals surface area contributed by atoms with Gasteiger partial charge in [0.2, 0.25) is 0 Å². The number of phenols is 1. The van der Waals surface area contributed by atoms with E-state index in [2.05, 4.69) is 10.3 Å². The van der Waals surface area contributed by atoms with Crippen molar-refractivity contribution in [3.05, 3.63) is 47.8 Å². The van der Waals surface area contributed by atoms with Crippen LogP contribution in [0.1, 0.15) is 16.1 Å². The van der Waals surface area contributed by atoms with Crippen molar-refractivity contribution < 1.29 is 14.6 Å². The Hall–Kier alpha value is -2.56. The van der Waals surface area contributed by atoms with E-state index in [1.165, 1.54) is 19.2 Å². The molecule has 0 saturated heterocycles. The van der Waals surface area contributed by atoms with E-state index in [1.807, 2.05) is 6.92 Å². The number of nitrogens with one attached hydrogen (secondary N) is 1. The zero-order valence-corrected chi connectivity index (χ0v) is 10.7. The third kappa shape index (κ3) is 3.01. The number of aryl methyl sites for hydroxylation is 1. The van der Waals surface area contributed by atoms with Crippen LogP contribution in [0.3, 0.4) is 0 Å². The number of hydrogen-bond acceptors (Lipinski definition) is 4. The number of rotatable bonds is 3. The van der Waals surface area contributed by atoms with Crippen LogP contribution < -0.4 is 10.1 Å². The van der Waals surface area contributed by atoms with Crippen molar-refractivity contribution in [3.8, 4) is 11.5 Å². The zero-order valence-electron chi connectivity index (χ0n) is 10.7. The summed E-state index contributed by atoms with van der Waals surface area (Å²) in [5.74, 6) is -0.0119. The molecule has 0 atom stereocenters. The summed E-state index contributed by atoms with van der Waals surface area (Å²) in [6.07, 6.45) is 1.61. The van der Waals surface area contributed by atoms with Crippen molar-refractivity contribution in [3.63, 3.8) is 0 Å². The minimum absolute atomic E-state index is 0.123.